The summed E-state index contributed by atoms with van der Waals surface area (Å²) in [6.07, 6.45) is 5.03. The van der Waals surface area contributed by atoms with Crippen molar-refractivity contribution in [3.8, 4) is 23.0 Å². The zero-order chi connectivity index (χ0) is 27.8. The van der Waals surface area contributed by atoms with E-state index in [-0.39, 0.29) is 11.9 Å². The van der Waals surface area contributed by atoms with E-state index >= 15 is 0 Å². The van der Waals surface area contributed by atoms with Crippen molar-refractivity contribution < 1.29 is 23.7 Å². The number of hydrogen-bond acceptors (Lipinski definition) is 7. The molecule has 8 nitrogen and oxygen atoms in total. The van der Waals surface area contributed by atoms with Crippen LogP contribution >= 0.6 is 11.8 Å². The number of ether oxygens (including phenoxy) is 4. The van der Waals surface area contributed by atoms with Crippen LogP contribution in [0.3, 0.4) is 0 Å². The Morgan fingerprint density at radius 1 is 0.923 bits per heavy atom. The Kier molecular flexibility index (Phi) is 10.0. The van der Waals surface area contributed by atoms with Crippen LogP contribution in [-0.4, -0.2) is 59.1 Å². The summed E-state index contributed by atoms with van der Waals surface area (Å²) in [6, 6.07) is 10.0. The second-order valence-electron chi connectivity index (χ2n) is 9.18. The Morgan fingerprint density at radius 2 is 1.56 bits per heavy atom. The van der Waals surface area contributed by atoms with Crippen LogP contribution in [0.1, 0.15) is 50.4 Å². The highest BCUT2D eigenvalue weighted by Crippen LogP contribution is 2.41. The Labute approximate surface area is 235 Å². The van der Waals surface area contributed by atoms with Gasteiger partial charge in [0.1, 0.15) is 0 Å². The number of hydrogen-bond donors (Lipinski definition) is 0. The first-order valence-electron chi connectivity index (χ1n) is 13.7. The van der Waals surface area contributed by atoms with Gasteiger partial charge in [-0.3, -0.25) is 4.79 Å². The maximum atomic E-state index is 13.7. The molecule has 4 rings (SSSR count). The van der Waals surface area contributed by atoms with E-state index in [9.17, 15) is 4.79 Å². The van der Waals surface area contributed by atoms with Crippen molar-refractivity contribution in [1.29, 1.82) is 0 Å². The molecular formula is C30H39N3O5S. The van der Waals surface area contributed by atoms with Gasteiger partial charge in [0.15, 0.2) is 28.2 Å². The van der Waals surface area contributed by atoms with Gasteiger partial charge < -0.3 is 28.4 Å². The van der Waals surface area contributed by atoms with Gasteiger partial charge in [0, 0.05) is 26.0 Å². The summed E-state index contributed by atoms with van der Waals surface area (Å²) in [5.74, 6) is 3.31. The lowest BCUT2D eigenvalue weighted by molar-refractivity contribution is -0.131. The molecule has 3 aromatic rings. The molecule has 0 spiro atoms. The smallest absolute Gasteiger partial charge is 0.233 e. The summed E-state index contributed by atoms with van der Waals surface area (Å²) in [5.41, 5.74) is 3.35. The van der Waals surface area contributed by atoms with Crippen LogP contribution in [0.25, 0.3) is 0 Å². The number of rotatable bonds is 13. The van der Waals surface area contributed by atoms with Gasteiger partial charge in [0.05, 0.1) is 38.2 Å². The van der Waals surface area contributed by atoms with Crippen LogP contribution in [0.4, 0.5) is 0 Å². The summed E-state index contributed by atoms with van der Waals surface area (Å²) in [5, 5.41) is 0.824. The van der Waals surface area contributed by atoms with E-state index in [4.69, 9.17) is 18.9 Å². The fourth-order valence-corrected chi connectivity index (χ4v) is 5.73. The van der Waals surface area contributed by atoms with Gasteiger partial charge in [-0.25, -0.2) is 4.98 Å². The lowest BCUT2D eigenvalue weighted by Crippen LogP contribution is -2.42. The van der Waals surface area contributed by atoms with E-state index in [2.05, 4.69) is 23.2 Å². The van der Waals surface area contributed by atoms with Crippen molar-refractivity contribution in [3.63, 3.8) is 0 Å². The molecule has 0 saturated heterocycles. The molecule has 1 aliphatic heterocycles. The van der Waals surface area contributed by atoms with E-state index in [1.807, 2.05) is 62.5 Å². The average Bonchev–Trinajstić information content (AvgIpc) is 3.34. The quantitative estimate of drug-likeness (QED) is 0.260. The number of amides is 1. The Morgan fingerprint density at radius 3 is 2.21 bits per heavy atom. The first-order valence-corrected chi connectivity index (χ1v) is 14.7. The molecule has 39 heavy (non-hydrogen) atoms. The number of aryl methyl sites for hydroxylation is 1. The standard InChI is InChI=1S/C30H39N3O5S/c1-6-35-25-11-10-21(17-26(25)36-7-2)16-24-23-19-28(38-9-4)27(37-8-3)18-22(23)12-14-33(24)29(34)20-39-30-31-13-15-32(30)5/h10-11,13,15,17-19,24H,6-9,12,14,16,20H2,1-5H3. The number of nitrogens with zero attached hydrogens (tertiary/aromatic N) is 3. The molecule has 1 unspecified atom stereocenters. The third-order valence-electron chi connectivity index (χ3n) is 6.62. The fourth-order valence-electron chi connectivity index (χ4n) is 4.91. The second-order valence-corrected chi connectivity index (χ2v) is 10.1. The maximum absolute atomic E-state index is 13.7. The van der Waals surface area contributed by atoms with Gasteiger partial charge in [0.25, 0.3) is 0 Å². The van der Waals surface area contributed by atoms with Crippen molar-refractivity contribution in [3.05, 3.63) is 59.4 Å². The first-order chi connectivity index (χ1) is 19.0. The van der Waals surface area contributed by atoms with Crippen molar-refractivity contribution in [2.75, 3.05) is 38.7 Å². The van der Waals surface area contributed by atoms with Crippen molar-refractivity contribution in [2.45, 2.75) is 51.7 Å². The molecule has 210 valence electrons. The number of fused-ring (bicyclic) bond motifs is 1. The summed E-state index contributed by atoms with van der Waals surface area (Å²) >= 11 is 1.46. The molecule has 0 aliphatic carbocycles. The van der Waals surface area contributed by atoms with Gasteiger partial charge in [-0.1, -0.05) is 17.8 Å². The third-order valence-corrected chi connectivity index (χ3v) is 7.66. The van der Waals surface area contributed by atoms with Gasteiger partial charge in [0.2, 0.25) is 5.91 Å². The van der Waals surface area contributed by atoms with Crippen molar-refractivity contribution in [1.82, 2.24) is 14.5 Å². The van der Waals surface area contributed by atoms with E-state index in [1.165, 1.54) is 17.3 Å². The van der Waals surface area contributed by atoms with Gasteiger partial charge in [-0.05, 0) is 81.5 Å². The maximum Gasteiger partial charge on any atom is 0.233 e. The lowest BCUT2D eigenvalue weighted by Gasteiger charge is -2.38. The van der Waals surface area contributed by atoms with Crippen LogP contribution in [0, 0.1) is 0 Å². The van der Waals surface area contributed by atoms with E-state index in [1.54, 1.807) is 6.20 Å². The highest BCUT2D eigenvalue weighted by atomic mass is 32.2. The topological polar surface area (TPSA) is 75.0 Å². The molecule has 1 aliphatic rings. The highest BCUT2D eigenvalue weighted by molar-refractivity contribution is 7.99. The predicted octanol–water partition coefficient (Wildman–Crippen LogP) is 5.48. The fraction of sp³-hybridized carbons (Fsp3) is 0.467. The van der Waals surface area contributed by atoms with Gasteiger partial charge in [-0.2, -0.15) is 0 Å². The normalized spacial score (nSPS) is 14.6. The Hall–Kier alpha value is -3.33. The molecule has 0 radical (unpaired) electrons. The molecule has 2 heterocycles. The summed E-state index contributed by atoms with van der Waals surface area (Å²) < 4.78 is 25.5. The van der Waals surface area contributed by atoms with Crippen LogP contribution in [0.15, 0.2) is 47.9 Å². The second kappa shape index (κ2) is 13.6. The molecule has 0 fully saturated rings. The molecule has 1 amide bonds. The SMILES string of the molecule is CCOc1ccc(CC2c3cc(OCC)c(OCC)cc3CCN2C(=O)CSc2nccn2C)cc1OCC. The summed E-state index contributed by atoms with van der Waals surface area (Å²) in [6.45, 7) is 10.7. The van der Waals surface area contributed by atoms with Crippen LogP contribution < -0.4 is 18.9 Å². The average molecular weight is 554 g/mol. The zero-order valence-electron chi connectivity index (χ0n) is 23.6. The van der Waals surface area contributed by atoms with Gasteiger partial charge >= 0.3 is 0 Å². The largest absolute Gasteiger partial charge is 0.490 e. The predicted molar refractivity (Wildman–Crippen MR) is 153 cm³/mol. The Bertz CT molecular complexity index is 1260. The number of carbonyl (C=O) groups is 1. The minimum atomic E-state index is -0.162. The third kappa shape index (κ3) is 6.82. The van der Waals surface area contributed by atoms with E-state index < -0.39 is 0 Å². The monoisotopic (exact) mass is 553 g/mol. The van der Waals surface area contributed by atoms with Gasteiger partial charge in [-0.15, -0.1) is 0 Å². The molecule has 0 saturated carbocycles. The molecule has 0 N–H and O–H groups in total. The summed E-state index contributed by atoms with van der Waals surface area (Å²) in [7, 11) is 1.94. The number of carbonyl (C=O) groups excluding carboxylic acids is 1. The number of imidazole rings is 1. The van der Waals surface area contributed by atoms with Crippen LogP contribution in [0.2, 0.25) is 0 Å². The molecular weight excluding hydrogens is 514 g/mol. The molecule has 1 atom stereocenters. The highest BCUT2D eigenvalue weighted by Gasteiger charge is 2.33. The number of thioether (sulfide) groups is 1. The number of aromatic nitrogens is 2. The Balaban J connectivity index is 1.69. The minimum absolute atomic E-state index is 0.0847. The zero-order valence-corrected chi connectivity index (χ0v) is 24.4. The first kappa shape index (κ1) is 28.7. The molecule has 1 aromatic heterocycles. The summed E-state index contributed by atoms with van der Waals surface area (Å²) in [4.78, 5) is 20.0. The van der Waals surface area contributed by atoms with E-state index in [0.717, 1.165) is 40.0 Å². The van der Waals surface area contributed by atoms with Crippen molar-refractivity contribution >= 4 is 17.7 Å². The number of benzene rings is 2. The minimum Gasteiger partial charge on any atom is -0.490 e. The van der Waals surface area contributed by atoms with Crippen LogP contribution in [0.5, 0.6) is 23.0 Å². The van der Waals surface area contributed by atoms with E-state index in [0.29, 0.717) is 50.9 Å². The molecule has 2 aromatic carbocycles. The molecule has 0 bridgehead atoms. The lowest BCUT2D eigenvalue weighted by atomic mass is 9.88. The molecule has 9 heteroatoms. The van der Waals surface area contributed by atoms with Crippen LogP contribution in [-0.2, 0) is 24.7 Å². The van der Waals surface area contributed by atoms with Crippen molar-refractivity contribution in [2.24, 2.45) is 7.05 Å².